The number of carbonyl (C=O) groups excluding carboxylic acids is 1. The monoisotopic (exact) mass is 381 g/mol. The van der Waals surface area contributed by atoms with Gasteiger partial charge in [-0.25, -0.2) is 9.97 Å². The molecule has 0 bridgehead atoms. The molecule has 138 valence electrons. The van der Waals surface area contributed by atoms with Gasteiger partial charge in [-0.05, 0) is 25.1 Å². The number of carbonyl (C=O) groups is 1. The molecule has 27 heavy (non-hydrogen) atoms. The number of halogens is 1. The first kappa shape index (κ1) is 17.7. The normalized spacial score (nSPS) is 22.5. The van der Waals surface area contributed by atoms with Crippen molar-refractivity contribution in [3.8, 4) is 11.3 Å². The second-order valence-corrected chi connectivity index (χ2v) is 7.19. The van der Waals surface area contributed by atoms with Crippen LogP contribution < -0.4 is 16.0 Å². The molecule has 1 saturated heterocycles. The lowest BCUT2D eigenvalue weighted by Crippen LogP contribution is -2.62. The van der Waals surface area contributed by atoms with Gasteiger partial charge in [0.25, 0.3) is 0 Å². The zero-order valence-electron chi connectivity index (χ0n) is 15.0. The van der Waals surface area contributed by atoms with Crippen molar-refractivity contribution in [1.82, 2.24) is 20.6 Å². The van der Waals surface area contributed by atoms with Crippen LogP contribution in [0.15, 0.2) is 48.5 Å². The average Bonchev–Trinajstić information content (AvgIpc) is 2.66. The SMILES string of the molecule is CC1NC(Nc2nc(-c3ccccc3)c3cc(Cl)ccc3n2)NC(=O)C1C. The highest BCUT2D eigenvalue weighted by atomic mass is 35.5. The maximum atomic E-state index is 12.1. The average molecular weight is 382 g/mol. The quantitative estimate of drug-likeness (QED) is 0.648. The summed E-state index contributed by atoms with van der Waals surface area (Å²) in [5.74, 6) is 0.334. The molecule has 2 heterocycles. The molecule has 3 unspecified atom stereocenters. The summed E-state index contributed by atoms with van der Waals surface area (Å²) in [7, 11) is 0. The van der Waals surface area contributed by atoms with E-state index < -0.39 is 6.29 Å². The molecular formula is C20H20ClN5O. The Morgan fingerprint density at radius 1 is 1.07 bits per heavy atom. The van der Waals surface area contributed by atoms with E-state index in [4.69, 9.17) is 16.6 Å². The van der Waals surface area contributed by atoms with Gasteiger partial charge < -0.3 is 10.6 Å². The van der Waals surface area contributed by atoms with Crippen LogP contribution >= 0.6 is 11.6 Å². The number of hydrogen-bond donors (Lipinski definition) is 3. The topological polar surface area (TPSA) is 78.9 Å². The first-order chi connectivity index (χ1) is 13.0. The Bertz CT molecular complexity index is 994. The van der Waals surface area contributed by atoms with E-state index in [1.54, 1.807) is 6.07 Å². The number of nitrogens with zero attached hydrogens (tertiary/aromatic N) is 2. The van der Waals surface area contributed by atoms with Gasteiger partial charge in [-0.3, -0.25) is 10.1 Å². The van der Waals surface area contributed by atoms with Crippen molar-refractivity contribution in [3.05, 3.63) is 53.6 Å². The highest BCUT2D eigenvalue weighted by molar-refractivity contribution is 6.31. The second-order valence-electron chi connectivity index (χ2n) is 6.75. The van der Waals surface area contributed by atoms with Gasteiger partial charge in [0.05, 0.1) is 17.1 Å². The largest absolute Gasteiger partial charge is 0.323 e. The lowest BCUT2D eigenvalue weighted by Gasteiger charge is -2.34. The molecule has 3 atom stereocenters. The van der Waals surface area contributed by atoms with Crippen molar-refractivity contribution in [3.63, 3.8) is 0 Å². The van der Waals surface area contributed by atoms with Crippen molar-refractivity contribution < 1.29 is 4.79 Å². The van der Waals surface area contributed by atoms with Gasteiger partial charge in [0, 0.05) is 22.0 Å². The molecule has 0 saturated carbocycles. The smallest absolute Gasteiger partial charge is 0.226 e. The Hall–Kier alpha value is -2.70. The highest BCUT2D eigenvalue weighted by Gasteiger charge is 2.30. The molecule has 4 rings (SSSR count). The van der Waals surface area contributed by atoms with Crippen molar-refractivity contribution in [2.75, 3.05) is 5.32 Å². The minimum atomic E-state index is -0.433. The number of aromatic nitrogens is 2. The summed E-state index contributed by atoms with van der Waals surface area (Å²) >= 11 is 6.19. The van der Waals surface area contributed by atoms with Gasteiger partial charge in [-0.15, -0.1) is 0 Å². The van der Waals surface area contributed by atoms with Crippen molar-refractivity contribution in [2.24, 2.45) is 5.92 Å². The number of benzene rings is 2. The van der Waals surface area contributed by atoms with Crippen molar-refractivity contribution in [2.45, 2.75) is 26.2 Å². The Kier molecular flexibility index (Phi) is 4.68. The maximum absolute atomic E-state index is 12.1. The van der Waals surface area contributed by atoms with Crippen LogP contribution in [0.1, 0.15) is 13.8 Å². The predicted octanol–water partition coefficient (Wildman–Crippen LogP) is 3.39. The summed E-state index contributed by atoms with van der Waals surface area (Å²) in [5, 5.41) is 10.9. The summed E-state index contributed by atoms with van der Waals surface area (Å²) in [5.41, 5.74) is 2.53. The zero-order chi connectivity index (χ0) is 19.0. The van der Waals surface area contributed by atoms with Crippen LogP contribution in [0.4, 0.5) is 5.95 Å². The Morgan fingerprint density at radius 2 is 1.85 bits per heavy atom. The van der Waals surface area contributed by atoms with Gasteiger partial charge in [-0.2, -0.15) is 0 Å². The molecular weight excluding hydrogens is 362 g/mol. The molecule has 3 N–H and O–H groups in total. The van der Waals surface area contributed by atoms with Crippen molar-refractivity contribution in [1.29, 1.82) is 0 Å². The third-order valence-corrected chi connectivity index (χ3v) is 5.09. The van der Waals surface area contributed by atoms with Crippen LogP contribution in [0.2, 0.25) is 5.02 Å². The Balaban J connectivity index is 1.74. The van der Waals surface area contributed by atoms with Gasteiger partial charge in [-0.1, -0.05) is 48.9 Å². The highest BCUT2D eigenvalue weighted by Crippen LogP contribution is 2.29. The van der Waals surface area contributed by atoms with E-state index in [2.05, 4.69) is 20.9 Å². The first-order valence-electron chi connectivity index (χ1n) is 8.87. The van der Waals surface area contributed by atoms with Crippen LogP contribution in [0.5, 0.6) is 0 Å². The maximum Gasteiger partial charge on any atom is 0.226 e. The van der Waals surface area contributed by atoms with Crippen molar-refractivity contribution >= 4 is 34.4 Å². The molecule has 1 fully saturated rings. The van der Waals surface area contributed by atoms with Crippen LogP contribution in [-0.2, 0) is 4.79 Å². The number of amides is 1. The summed E-state index contributed by atoms with van der Waals surface area (Å²) in [4.78, 5) is 21.4. The molecule has 3 aromatic rings. The molecule has 1 aromatic heterocycles. The molecule has 0 spiro atoms. The molecule has 0 radical (unpaired) electrons. The fraction of sp³-hybridized carbons (Fsp3) is 0.250. The fourth-order valence-corrected chi connectivity index (χ4v) is 3.31. The standard InChI is InChI=1S/C20H20ClN5O/c1-11-12(2)22-19(25-18(11)27)26-20-23-16-9-8-14(21)10-15(16)17(24-20)13-6-4-3-5-7-13/h3-12,19,22H,1-2H3,(H,25,27)(H,23,24,26). The van der Waals surface area contributed by atoms with E-state index in [0.717, 1.165) is 22.2 Å². The lowest BCUT2D eigenvalue weighted by molar-refractivity contribution is -0.128. The minimum absolute atomic E-state index is 0.00500. The molecule has 2 aromatic carbocycles. The minimum Gasteiger partial charge on any atom is -0.323 e. The summed E-state index contributed by atoms with van der Waals surface area (Å²) < 4.78 is 0. The molecule has 6 nitrogen and oxygen atoms in total. The molecule has 1 aliphatic rings. The van der Waals surface area contributed by atoms with Crippen LogP contribution in [0.3, 0.4) is 0 Å². The summed E-state index contributed by atoms with van der Waals surface area (Å²) in [6.45, 7) is 3.88. The number of anilines is 1. The van der Waals surface area contributed by atoms with Gasteiger partial charge in [0.15, 0.2) is 6.29 Å². The van der Waals surface area contributed by atoms with E-state index in [-0.39, 0.29) is 17.9 Å². The molecule has 1 aliphatic heterocycles. The first-order valence-corrected chi connectivity index (χ1v) is 9.25. The summed E-state index contributed by atoms with van der Waals surface area (Å²) in [6, 6.07) is 15.5. The third-order valence-electron chi connectivity index (χ3n) is 4.86. The van der Waals surface area contributed by atoms with Crippen LogP contribution in [0, 0.1) is 5.92 Å². The molecule has 7 heteroatoms. The fourth-order valence-electron chi connectivity index (χ4n) is 3.14. The van der Waals surface area contributed by atoms with E-state index in [1.165, 1.54) is 0 Å². The third kappa shape index (κ3) is 3.59. The lowest BCUT2D eigenvalue weighted by atomic mass is 10.0. The zero-order valence-corrected chi connectivity index (χ0v) is 15.8. The van der Waals surface area contributed by atoms with Gasteiger partial charge >= 0.3 is 0 Å². The number of rotatable bonds is 3. The van der Waals surface area contributed by atoms with E-state index in [1.807, 2.05) is 56.3 Å². The van der Waals surface area contributed by atoms with E-state index >= 15 is 0 Å². The van der Waals surface area contributed by atoms with Crippen LogP contribution in [0.25, 0.3) is 22.2 Å². The van der Waals surface area contributed by atoms with Gasteiger partial charge in [0.1, 0.15) is 0 Å². The van der Waals surface area contributed by atoms with Gasteiger partial charge in [0.2, 0.25) is 11.9 Å². The number of hydrogen-bond acceptors (Lipinski definition) is 5. The second kappa shape index (κ2) is 7.13. The number of fused-ring (bicyclic) bond motifs is 1. The molecule has 1 amide bonds. The summed E-state index contributed by atoms with van der Waals surface area (Å²) in [6.07, 6.45) is -0.433. The van der Waals surface area contributed by atoms with E-state index in [0.29, 0.717) is 11.0 Å². The predicted molar refractivity (Wildman–Crippen MR) is 107 cm³/mol. The van der Waals surface area contributed by atoms with Crippen LogP contribution in [-0.4, -0.2) is 28.2 Å². The van der Waals surface area contributed by atoms with E-state index in [9.17, 15) is 4.79 Å². The molecule has 0 aliphatic carbocycles. The Morgan fingerprint density at radius 3 is 2.59 bits per heavy atom. The Labute approximate surface area is 162 Å². The number of nitrogens with one attached hydrogen (secondary N) is 3.